The van der Waals surface area contributed by atoms with Crippen molar-refractivity contribution >= 4 is 29.4 Å². The molecule has 1 atom stereocenters. The van der Waals surface area contributed by atoms with E-state index in [-0.39, 0.29) is 24.2 Å². The minimum atomic E-state index is -0.176. The number of likely N-dealkylation sites (tertiary alicyclic amines) is 1. The van der Waals surface area contributed by atoms with Crippen LogP contribution in [0.2, 0.25) is 0 Å². The molecule has 7 nitrogen and oxygen atoms in total. The molecule has 8 heteroatoms. The molecule has 2 aliphatic rings. The van der Waals surface area contributed by atoms with E-state index in [4.69, 9.17) is 21.7 Å². The minimum absolute atomic E-state index is 0.0349. The number of nitrogens with zero attached hydrogens (tertiary/aromatic N) is 2. The molecule has 1 unspecified atom stereocenters. The molecule has 0 saturated carbocycles. The molecule has 0 aromatic heterocycles. The first-order valence-corrected chi connectivity index (χ1v) is 9.61. The van der Waals surface area contributed by atoms with E-state index in [1.807, 2.05) is 11.8 Å². The average molecular weight is 372 g/mol. The molecule has 0 radical (unpaired) electrons. The summed E-state index contributed by atoms with van der Waals surface area (Å²) in [6, 6.07) is 0.243. The summed E-state index contributed by atoms with van der Waals surface area (Å²) < 4.78 is 10.2. The number of piperidine rings is 1. The van der Waals surface area contributed by atoms with Crippen LogP contribution < -0.4 is 5.32 Å². The summed E-state index contributed by atoms with van der Waals surface area (Å²) in [4.78, 5) is 27.2. The van der Waals surface area contributed by atoms with Gasteiger partial charge in [-0.15, -0.1) is 0 Å². The number of cyclic esters (lactones) is 1. The highest BCUT2D eigenvalue weighted by atomic mass is 32.1. The summed E-state index contributed by atoms with van der Waals surface area (Å²) in [6.45, 7) is 7.28. The van der Waals surface area contributed by atoms with Gasteiger partial charge in [0.2, 0.25) is 0 Å². The second-order valence-electron chi connectivity index (χ2n) is 6.43. The van der Waals surface area contributed by atoms with Gasteiger partial charge in [-0.3, -0.25) is 4.79 Å². The number of hydrogen-bond donors (Lipinski definition) is 1. The van der Waals surface area contributed by atoms with Crippen LogP contribution in [0.15, 0.2) is 0 Å². The fraction of sp³-hybridized carbons (Fsp3) is 0.824. The first-order valence-electron chi connectivity index (χ1n) is 9.20. The lowest BCUT2D eigenvalue weighted by molar-refractivity contribution is -0.143. The predicted octanol–water partition coefficient (Wildman–Crippen LogP) is 1.90. The Morgan fingerprint density at radius 2 is 2.08 bits per heavy atom. The second kappa shape index (κ2) is 9.79. The number of rotatable bonds is 7. The Kier molecular flexibility index (Phi) is 7.74. The van der Waals surface area contributed by atoms with E-state index in [0.717, 1.165) is 37.5 Å². The maximum Gasteiger partial charge on any atom is 0.410 e. The predicted molar refractivity (Wildman–Crippen MR) is 98.3 cm³/mol. The van der Waals surface area contributed by atoms with E-state index >= 15 is 0 Å². The Morgan fingerprint density at radius 3 is 2.68 bits per heavy atom. The highest BCUT2D eigenvalue weighted by Crippen LogP contribution is 2.23. The van der Waals surface area contributed by atoms with E-state index in [2.05, 4.69) is 10.2 Å². The normalized spacial score (nSPS) is 21.2. The quantitative estimate of drug-likeness (QED) is 0.416. The van der Waals surface area contributed by atoms with Crippen LogP contribution in [0.5, 0.6) is 0 Å². The largest absolute Gasteiger partial charge is 0.466 e. The van der Waals surface area contributed by atoms with Gasteiger partial charge in [0.05, 0.1) is 13.2 Å². The Hall–Kier alpha value is -1.57. The van der Waals surface area contributed by atoms with E-state index in [1.54, 1.807) is 6.92 Å². The lowest BCUT2D eigenvalue weighted by Gasteiger charge is -2.36. The molecule has 0 aromatic carbocycles. The molecule has 2 fully saturated rings. The van der Waals surface area contributed by atoms with E-state index in [0.29, 0.717) is 32.5 Å². The molecule has 25 heavy (non-hydrogen) atoms. The molecule has 1 amide bonds. The van der Waals surface area contributed by atoms with Gasteiger partial charge in [0, 0.05) is 32.1 Å². The average Bonchev–Trinajstić information content (AvgIpc) is 3.00. The molecule has 2 aliphatic heterocycles. The number of thiocarbonyl (C=S) groups is 1. The zero-order valence-electron chi connectivity index (χ0n) is 15.2. The van der Waals surface area contributed by atoms with Crippen molar-refractivity contribution in [3.63, 3.8) is 0 Å². The number of carbonyl (C=O) groups is 2. The molecular weight excluding hydrogens is 342 g/mol. The van der Waals surface area contributed by atoms with E-state index in [9.17, 15) is 9.59 Å². The number of ether oxygens (including phenoxy) is 2. The summed E-state index contributed by atoms with van der Waals surface area (Å²) in [5.74, 6) is -0.168. The zero-order valence-corrected chi connectivity index (χ0v) is 16.0. The van der Waals surface area contributed by atoms with Crippen molar-refractivity contribution < 1.29 is 19.1 Å². The summed E-state index contributed by atoms with van der Waals surface area (Å²) in [5.41, 5.74) is 0. The van der Waals surface area contributed by atoms with Crippen LogP contribution in [0.3, 0.4) is 0 Å². The maximum absolute atomic E-state index is 11.9. The topological polar surface area (TPSA) is 71.1 Å². The first-order chi connectivity index (χ1) is 12.0. The Balaban J connectivity index is 1.65. The molecule has 142 valence electrons. The van der Waals surface area contributed by atoms with Crippen LogP contribution in [0.4, 0.5) is 4.79 Å². The summed E-state index contributed by atoms with van der Waals surface area (Å²) in [7, 11) is 0. The Bertz CT molecular complexity index is 481. The van der Waals surface area contributed by atoms with Crippen LogP contribution in [0, 0.1) is 0 Å². The van der Waals surface area contributed by atoms with Crippen molar-refractivity contribution in [3.8, 4) is 0 Å². The van der Waals surface area contributed by atoms with Crippen molar-refractivity contribution in [1.82, 2.24) is 15.1 Å². The van der Waals surface area contributed by atoms with Gasteiger partial charge >= 0.3 is 12.1 Å². The highest BCUT2D eigenvalue weighted by Gasteiger charge is 2.36. The van der Waals surface area contributed by atoms with Gasteiger partial charge in [-0.05, 0) is 44.8 Å². The molecule has 0 spiro atoms. The van der Waals surface area contributed by atoms with Crippen molar-refractivity contribution in [2.24, 2.45) is 0 Å². The van der Waals surface area contributed by atoms with Crippen molar-refractivity contribution in [2.45, 2.75) is 58.1 Å². The molecule has 2 rings (SSSR count). The minimum Gasteiger partial charge on any atom is -0.466 e. The lowest BCUT2D eigenvalue weighted by atomic mass is 10.0. The van der Waals surface area contributed by atoms with Crippen molar-refractivity contribution in [2.75, 3.05) is 32.8 Å². The fourth-order valence-electron chi connectivity index (χ4n) is 3.21. The monoisotopic (exact) mass is 371 g/mol. The van der Waals surface area contributed by atoms with Gasteiger partial charge in [-0.25, -0.2) is 4.79 Å². The SMILES string of the molecule is CCOC(=O)CCCNC(=S)N1CCC(N2CC(CC)OC2=O)CC1. The Morgan fingerprint density at radius 1 is 1.36 bits per heavy atom. The lowest BCUT2D eigenvalue weighted by Crippen LogP contribution is -2.50. The van der Waals surface area contributed by atoms with Crippen LogP contribution in [-0.2, 0) is 14.3 Å². The van der Waals surface area contributed by atoms with Gasteiger partial charge in [0.15, 0.2) is 5.11 Å². The van der Waals surface area contributed by atoms with Gasteiger partial charge in [-0.2, -0.15) is 0 Å². The van der Waals surface area contributed by atoms with Gasteiger partial charge in [0.1, 0.15) is 6.10 Å². The second-order valence-corrected chi connectivity index (χ2v) is 6.81. The van der Waals surface area contributed by atoms with Gasteiger partial charge < -0.3 is 24.6 Å². The first kappa shape index (κ1) is 19.8. The van der Waals surface area contributed by atoms with Crippen LogP contribution in [0.25, 0.3) is 0 Å². The molecular formula is C17H29N3O4S. The standard InChI is InChI=1S/C17H29N3O4S/c1-3-14-12-20(17(22)24-14)13-7-10-19(11-8-13)16(25)18-9-5-6-15(21)23-4-2/h13-14H,3-12H2,1-2H3,(H,18,25). The third-order valence-corrected chi connectivity index (χ3v) is 5.09. The number of carbonyl (C=O) groups excluding carboxylic acids is 2. The molecule has 2 saturated heterocycles. The van der Waals surface area contributed by atoms with Crippen molar-refractivity contribution in [1.29, 1.82) is 0 Å². The van der Waals surface area contributed by atoms with Gasteiger partial charge in [0.25, 0.3) is 0 Å². The van der Waals surface area contributed by atoms with Crippen LogP contribution in [0.1, 0.15) is 46.0 Å². The highest BCUT2D eigenvalue weighted by molar-refractivity contribution is 7.80. The molecule has 0 aromatic rings. The summed E-state index contributed by atoms with van der Waals surface area (Å²) >= 11 is 5.43. The summed E-state index contributed by atoms with van der Waals surface area (Å²) in [6.07, 6.45) is 3.62. The molecule has 0 aliphatic carbocycles. The van der Waals surface area contributed by atoms with Crippen LogP contribution >= 0.6 is 12.2 Å². The van der Waals surface area contributed by atoms with Crippen LogP contribution in [-0.4, -0.2) is 71.9 Å². The fourth-order valence-corrected chi connectivity index (χ4v) is 3.49. The molecule has 2 heterocycles. The third-order valence-electron chi connectivity index (χ3n) is 4.69. The number of esters is 1. The zero-order chi connectivity index (χ0) is 18.2. The number of nitrogens with one attached hydrogen (secondary N) is 1. The van der Waals surface area contributed by atoms with Gasteiger partial charge in [-0.1, -0.05) is 6.92 Å². The van der Waals surface area contributed by atoms with E-state index < -0.39 is 0 Å². The number of hydrogen-bond acceptors (Lipinski definition) is 5. The smallest absolute Gasteiger partial charge is 0.410 e. The molecule has 1 N–H and O–H groups in total. The Labute approximate surface area is 155 Å². The van der Waals surface area contributed by atoms with Crippen molar-refractivity contribution in [3.05, 3.63) is 0 Å². The number of amides is 1. The maximum atomic E-state index is 11.9. The third kappa shape index (κ3) is 5.73. The summed E-state index contributed by atoms with van der Waals surface area (Å²) in [5, 5.41) is 3.92. The molecule has 0 bridgehead atoms. The van der Waals surface area contributed by atoms with E-state index in [1.165, 1.54) is 0 Å².